The molecule has 0 amide bonds. The quantitative estimate of drug-likeness (QED) is 0.897. The average Bonchev–Trinajstić information content (AvgIpc) is 2.78. The molecular formula is C14H14O4. The first-order chi connectivity index (χ1) is 8.56. The van der Waals surface area contributed by atoms with Gasteiger partial charge in [-0.1, -0.05) is 12.1 Å². The molecule has 4 nitrogen and oxygen atoms in total. The molecule has 2 aromatic rings. The van der Waals surface area contributed by atoms with Crippen LogP contribution >= 0.6 is 0 Å². The van der Waals surface area contributed by atoms with E-state index in [1.165, 1.54) is 6.07 Å². The lowest BCUT2D eigenvalue weighted by atomic mass is 10.2. The molecule has 0 aliphatic heterocycles. The van der Waals surface area contributed by atoms with Crippen molar-refractivity contribution >= 4 is 5.97 Å². The van der Waals surface area contributed by atoms with E-state index in [1.807, 2.05) is 38.1 Å². The van der Waals surface area contributed by atoms with Crippen LogP contribution in [0.1, 0.15) is 34.9 Å². The van der Waals surface area contributed by atoms with Crippen molar-refractivity contribution in [3.8, 4) is 5.75 Å². The summed E-state index contributed by atoms with van der Waals surface area (Å²) in [5.41, 5.74) is 1.10. The molecule has 0 aliphatic rings. The minimum absolute atomic E-state index is 0.0790. The summed E-state index contributed by atoms with van der Waals surface area (Å²) in [4.78, 5) is 10.7. The molecule has 1 atom stereocenters. The maximum atomic E-state index is 10.7. The number of furan rings is 1. The molecule has 18 heavy (non-hydrogen) atoms. The topological polar surface area (TPSA) is 59.7 Å². The maximum Gasteiger partial charge on any atom is 0.371 e. The van der Waals surface area contributed by atoms with Crippen molar-refractivity contribution in [2.75, 3.05) is 0 Å². The molecule has 1 aromatic carbocycles. The Labute approximate surface area is 105 Å². The second kappa shape index (κ2) is 4.96. The lowest BCUT2D eigenvalue weighted by Gasteiger charge is -2.12. The van der Waals surface area contributed by atoms with E-state index in [-0.39, 0.29) is 11.9 Å². The fourth-order valence-corrected chi connectivity index (χ4v) is 1.64. The van der Waals surface area contributed by atoms with Crippen molar-refractivity contribution in [3.63, 3.8) is 0 Å². The molecule has 0 radical (unpaired) electrons. The molecule has 4 heteroatoms. The number of rotatable bonds is 4. The van der Waals surface area contributed by atoms with Gasteiger partial charge in [-0.25, -0.2) is 4.79 Å². The summed E-state index contributed by atoms with van der Waals surface area (Å²) in [7, 11) is 0. The van der Waals surface area contributed by atoms with Gasteiger partial charge >= 0.3 is 5.97 Å². The average molecular weight is 246 g/mol. The summed E-state index contributed by atoms with van der Waals surface area (Å²) in [5.74, 6) is 0.0679. The molecule has 2 rings (SSSR count). The molecule has 1 heterocycles. The molecule has 0 saturated carbocycles. The van der Waals surface area contributed by atoms with Gasteiger partial charge in [-0.15, -0.1) is 0 Å². The highest BCUT2D eigenvalue weighted by molar-refractivity contribution is 5.84. The van der Waals surface area contributed by atoms with Gasteiger partial charge in [-0.05, 0) is 43.7 Å². The highest BCUT2D eigenvalue weighted by Crippen LogP contribution is 2.23. The smallest absolute Gasteiger partial charge is 0.371 e. The Morgan fingerprint density at radius 1 is 1.33 bits per heavy atom. The van der Waals surface area contributed by atoms with Crippen LogP contribution in [0.5, 0.6) is 5.75 Å². The highest BCUT2D eigenvalue weighted by Gasteiger charge is 2.15. The van der Waals surface area contributed by atoms with E-state index in [0.717, 1.165) is 11.3 Å². The third-order valence-corrected chi connectivity index (χ3v) is 2.54. The van der Waals surface area contributed by atoms with E-state index in [4.69, 9.17) is 14.3 Å². The monoisotopic (exact) mass is 246 g/mol. The summed E-state index contributed by atoms with van der Waals surface area (Å²) in [6.07, 6.45) is -0.333. The number of hydrogen-bond donors (Lipinski definition) is 1. The van der Waals surface area contributed by atoms with E-state index in [2.05, 4.69) is 0 Å². The second-order valence-corrected chi connectivity index (χ2v) is 4.08. The number of ether oxygens (including phenoxy) is 1. The molecule has 1 unspecified atom stereocenters. The first-order valence-electron chi connectivity index (χ1n) is 5.62. The predicted molar refractivity (Wildman–Crippen MR) is 65.9 cm³/mol. The largest absolute Gasteiger partial charge is 0.483 e. The van der Waals surface area contributed by atoms with Gasteiger partial charge in [0.15, 0.2) is 6.10 Å². The molecule has 0 saturated heterocycles. The van der Waals surface area contributed by atoms with Gasteiger partial charge in [-0.2, -0.15) is 0 Å². The maximum absolute atomic E-state index is 10.7. The SMILES string of the molecule is Cc1cccc(OC(C)c2ccc(C(=O)O)o2)c1. The Hall–Kier alpha value is -2.23. The third kappa shape index (κ3) is 2.71. The number of aromatic carboxylic acids is 1. The van der Waals surface area contributed by atoms with Crippen molar-refractivity contribution in [2.45, 2.75) is 20.0 Å². The van der Waals surface area contributed by atoms with Gasteiger partial charge in [0.25, 0.3) is 0 Å². The molecule has 0 spiro atoms. The molecule has 1 N–H and O–H groups in total. The zero-order chi connectivity index (χ0) is 13.1. The lowest BCUT2D eigenvalue weighted by molar-refractivity contribution is 0.0655. The van der Waals surface area contributed by atoms with Crippen LogP contribution in [-0.2, 0) is 0 Å². The molecule has 1 aromatic heterocycles. The number of carbonyl (C=O) groups is 1. The highest BCUT2D eigenvalue weighted by atomic mass is 16.5. The van der Waals surface area contributed by atoms with E-state index in [0.29, 0.717) is 5.76 Å². The molecule has 0 aliphatic carbocycles. The third-order valence-electron chi connectivity index (χ3n) is 2.54. The van der Waals surface area contributed by atoms with Gasteiger partial charge in [0.1, 0.15) is 11.5 Å². The molecule has 94 valence electrons. The van der Waals surface area contributed by atoms with Crippen LogP contribution in [-0.4, -0.2) is 11.1 Å². The Balaban J connectivity index is 2.11. The van der Waals surface area contributed by atoms with Crippen molar-refractivity contribution < 1.29 is 19.1 Å². The fraction of sp³-hybridized carbons (Fsp3) is 0.214. The molecule has 0 bridgehead atoms. The van der Waals surface area contributed by atoms with Crippen molar-refractivity contribution in [3.05, 3.63) is 53.5 Å². The second-order valence-electron chi connectivity index (χ2n) is 4.08. The van der Waals surface area contributed by atoms with E-state index in [9.17, 15) is 4.79 Å². The summed E-state index contributed by atoms with van der Waals surface area (Å²) < 4.78 is 10.9. The van der Waals surface area contributed by atoms with Crippen LogP contribution in [0.4, 0.5) is 0 Å². The summed E-state index contributed by atoms with van der Waals surface area (Å²) in [6.45, 7) is 3.79. The Morgan fingerprint density at radius 2 is 2.11 bits per heavy atom. The van der Waals surface area contributed by atoms with Gasteiger partial charge in [0.2, 0.25) is 5.76 Å². The van der Waals surface area contributed by atoms with Crippen molar-refractivity contribution in [1.29, 1.82) is 0 Å². The lowest BCUT2D eigenvalue weighted by Crippen LogP contribution is -2.02. The number of aryl methyl sites for hydroxylation is 1. The van der Waals surface area contributed by atoms with Crippen LogP contribution in [0, 0.1) is 6.92 Å². The number of carboxylic acid groups (broad SMARTS) is 1. The van der Waals surface area contributed by atoms with E-state index >= 15 is 0 Å². The van der Waals surface area contributed by atoms with Crippen molar-refractivity contribution in [2.24, 2.45) is 0 Å². The normalized spacial score (nSPS) is 12.1. The van der Waals surface area contributed by atoms with E-state index < -0.39 is 5.97 Å². The van der Waals surface area contributed by atoms with Crippen LogP contribution in [0.2, 0.25) is 0 Å². The predicted octanol–water partition coefficient (Wildman–Crippen LogP) is 3.43. The fourth-order valence-electron chi connectivity index (χ4n) is 1.64. The number of carboxylic acids is 1. The van der Waals surface area contributed by atoms with Crippen LogP contribution in [0.25, 0.3) is 0 Å². The summed E-state index contributed by atoms with van der Waals surface area (Å²) in [5, 5.41) is 8.77. The standard InChI is InChI=1S/C14H14O4/c1-9-4-3-5-11(8-9)17-10(2)12-6-7-13(18-12)14(15)16/h3-8,10H,1-2H3,(H,15,16). The van der Waals surface area contributed by atoms with Gasteiger partial charge in [-0.3, -0.25) is 0 Å². The van der Waals surface area contributed by atoms with Crippen LogP contribution in [0.3, 0.4) is 0 Å². The Kier molecular flexibility index (Phi) is 3.37. The minimum atomic E-state index is -1.08. The first-order valence-corrected chi connectivity index (χ1v) is 5.62. The number of benzene rings is 1. The van der Waals surface area contributed by atoms with Crippen LogP contribution < -0.4 is 4.74 Å². The minimum Gasteiger partial charge on any atom is -0.483 e. The van der Waals surface area contributed by atoms with Gasteiger partial charge in [0.05, 0.1) is 0 Å². The van der Waals surface area contributed by atoms with Crippen LogP contribution in [0.15, 0.2) is 40.8 Å². The summed E-state index contributed by atoms with van der Waals surface area (Å²) in [6, 6.07) is 10.7. The molecular weight excluding hydrogens is 232 g/mol. The van der Waals surface area contributed by atoms with Gasteiger partial charge in [0, 0.05) is 0 Å². The van der Waals surface area contributed by atoms with Gasteiger partial charge < -0.3 is 14.3 Å². The van der Waals surface area contributed by atoms with Crippen molar-refractivity contribution in [1.82, 2.24) is 0 Å². The molecule has 0 fully saturated rings. The summed E-state index contributed by atoms with van der Waals surface area (Å²) >= 11 is 0. The zero-order valence-electron chi connectivity index (χ0n) is 10.2. The number of hydrogen-bond acceptors (Lipinski definition) is 3. The Morgan fingerprint density at radius 3 is 2.72 bits per heavy atom. The van der Waals surface area contributed by atoms with E-state index in [1.54, 1.807) is 6.07 Å². The Bertz CT molecular complexity index is 556. The first kappa shape index (κ1) is 12.2. The zero-order valence-corrected chi connectivity index (χ0v) is 10.2.